The molecule has 2 aromatic carbocycles. The molecule has 0 heterocycles. The highest BCUT2D eigenvalue weighted by Crippen LogP contribution is 2.33. The molecule has 2 aromatic rings. The monoisotopic (exact) mass is 397 g/mol. The number of benzene rings is 2. The molecule has 0 aromatic heterocycles. The van der Waals surface area contributed by atoms with Crippen molar-refractivity contribution in [3.63, 3.8) is 0 Å². The number of aryl methyl sites for hydroxylation is 1. The fourth-order valence-electron chi connectivity index (χ4n) is 3.48. The van der Waals surface area contributed by atoms with Crippen LogP contribution >= 0.6 is 0 Å². The second kappa shape index (κ2) is 11.4. The maximum atomic E-state index is 13.3. The SMILES string of the molecule is CCCCCCOC(=O)c1cc(CC)c(CC)c(ON)c1C(=O)c1ccccc1. The fraction of sp³-hybridized carbons (Fsp3) is 0.417. The summed E-state index contributed by atoms with van der Waals surface area (Å²) in [7, 11) is 0. The molecule has 0 spiro atoms. The van der Waals surface area contributed by atoms with Crippen molar-refractivity contribution >= 4 is 11.8 Å². The van der Waals surface area contributed by atoms with E-state index in [4.69, 9.17) is 15.5 Å². The van der Waals surface area contributed by atoms with E-state index in [9.17, 15) is 9.59 Å². The number of hydrogen-bond acceptors (Lipinski definition) is 5. The summed E-state index contributed by atoms with van der Waals surface area (Å²) in [5.74, 6) is 5.03. The molecule has 29 heavy (non-hydrogen) atoms. The van der Waals surface area contributed by atoms with Gasteiger partial charge in [0.15, 0.2) is 11.5 Å². The van der Waals surface area contributed by atoms with E-state index in [0.717, 1.165) is 36.8 Å². The number of carbonyl (C=O) groups excluding carboxylic acids is 2. The molecule has 0 atom stereocenters. The molecule has 5 nitrogen and oxygen atoms in total. The van der Waals surface area contributed by atoms with Crippen molar-refractivity contribution in [2.45, 2.75) is 59.3 Å². The highest BCUT2D eigenvalue weighted by Gasteiger charge is 2.28. The highest BCUT2D eigenvalue weighted by atomic mass is 16.6. The molecule has 2 rings (SSSR count). The topological polar surface area (TPSA) is 78.6 Å². The van der Waals surface area contributed by atoms with E-state index in [0.29, 0.717) is 25.0 Å². The van der Waals surface area contributed by atoms with Crippen LogP contribution < -0.4 is 10.7 Å². The first-order valence-corrected chi connectivity index (χ1v) is 10.4. The zero-order valence-electron chi connectivity index (χ0n) is 17.6. The molecule has 5 heteroatoms. The van der Waals surface area contributed by atoms with Gasteiger partial charge in [0.1, 0.15) is 0 Å². The van der Waals surface area contributed by atoms with Gasteiger partial charge in [-0.25, -0.2) is 4.79 Å². The third-order valence-electron chi connectivity index (χ3n) is 5.04. The standard InChI is InChI=1S/C24H31NO4/c1-4-7-8-12-15-28-24(27)20-16-17(5-2)19(6-3)23(29-25)21(20)22(26)18-13-10-9-11-14-18/h9-11,13-14,16H,4-8,12,15,25H2,1-3H3. The normalized spacial score (nSPS) is 10.6. The first-order valence-electron chi connectivity index (χ1n) is 10.4. The predicted molar refractivity (Wildman–Crippen MR) is 114 cm³/mol. The smallest absolute Gasteiger partial charge is 0.339 e. The highest BCUT2D eigenvalue weighted by molar-refractivity contribution is 6.16. The van der Waals surface area contributed by atoms with Crippen LogP contribution in [-0.4, -0.2) is 18.4 Å². The Morgan fingerprint density at radius 1 is 0.966 bits per heavy atom. The maximum absolute atomic E-state index is 13.3. The molecule has 0 fully saturated rings. The minimum Gasteiger partial charge on any atom is -0.462 e. The van der Waals surface area contributed by atoms with Crippen LogP contribution in [-0.2, 0) is 17.6 Å². The third kappa shape index (κ3) is 5.45. The zero-order chi connectivity index (χ0) is 21.2. The van der Waals surface area contributed by atoms with E-state index in [1.165, 1.54) is 0 Å². The van der Waals surface area contributed by atoms with Crippen molar-refractivity contribution in [1.29, 1.82) is 0 Å². The van der Waals surface area contributed by atoms with Crippen LogP contribution in [0.1, 0.15) is 83.9 Å². The largest absolute Gasteiger partial charge is 0.462 e. The molecule has 0 saturated heterocycles. The molecule has 0 unspecified atom stereocenters. The maximum Gasteiger partial charge on any atom is 0.339 e. The summed E-state index contributed by atoms with van der Waals surface area (Å²) in [4.78, 5) is 31.4. The zero-order valence-corrected chi connectivity index (χ0v) is 17.6. The van der Waals surface area contributed by atoms with Gasteiger partial charge in [-0.1, -0.05) is 70.4 Å². The number of unbranched alkanes of at least 4 members (excludes halogenated alkanes) is 3. The molecule has 0 aliphatic carbocycles. The number of nitrogens with two attached hydrogens (primary N) is 1. The van der Waals surface area contributed by atoms with Crippen LogP contribution in [0.5, 0.6) is 5.75 Å². The summed E-state index contributed by atoms with van der Waals surface area (Å²) in [5, 5.41) is 0. The van der Waals surface area contributed by atoms with Gasteiger partial charge in [0, 0.05) is 11.1 Å². The van der Waals surface area contributed by atoms with Crippen molar-refractivity contribution in [3.05, 3.63) is 64.2 Å². The van der Waals surface area contributed by atoms with Crippen molar-refractivity contribution in [1.82, 2.24) is 0 Å². The van der Waals surface area contributed by atoms with Gasteiger partial charge in [0.05, 0.1) is 17.7 Å². The first-order chi connectivity index (χ1) is 14.1. The Bertz CT molecular complexity index is 831. The summed E-state index contributed by atoms with van der Waals surface area (Å²) < 4.78 is 5.49. The van der Waals surface area contributed by atoms with Gasteiger partial charge in [0.2, 0.25) is 0 Å². The van der Waals surface area contributed by atoms with Crippen LogP contribution in [0.3, 0.4) is 0 Å². The molecule has 0 bridgehead atoms. The summed E-state index contributed by atoms with van der Waals surface area (Å²) >= 11 is 0. The summed E-state index contributed by atoms with van der Waals surface area (Å²) in [6, 6.07) is 10.6. The van der Waals surface area contributed by atoms with Gasteiger partial charge >= 0.3 is 5.97 Å². The molecular weight excluding hydrogens is 366 g/mol. The molecule has 0 radical (unpaired) electrons. The Morgan fingerprint density at radius 2 is 1.69 bits per heavy atom. The number of hydrogen-bond donors (Lipinski definition) is 1. The van der Waals surface area contributed by atoms with Gasteiger partial charge in [-0.15, -0.1) is 0 Å². The lowest BCUT2D eigenvalue weighted by Crippen LogP contribution is -2.19. The lowest BCUT2D eigenvalue weighted by molar-refractivity contribution is 0.0494. The molecule has 0 aliphatic heterocycles. The van der Waals surface area contributed by atoms with E-state index in [-0.39, 0.29) is 22.7 Å². The Kier molecular flexibility index (Phi) is 8.87. The molecule has 0 saturated carbocycles. The Morgan fingerprint density at radius 3 is 2.28 bits per heavy atom. The predicted octanol–water partition coefficient (Wildman–Crippen LogP) is 5.03. The van der Waals surface area contributed by atoms with E-state index in [1.54, 1.807) is 30.3 Å². The van der Waals surface area contributed by atoms with Crippen molar-refractivity contribution in [2.24, 2.45) is 5.90 Å². The van der Waals surface area contributed by atoms with Crippen molar-refractivity contribution in [3.8, 4) is 5.75 Å². The molecule has 0 amide bonds. The molecular formula is C24H31NO4. The first kappa shape index (κ1) is 22.6. The van der Waals surface area contributed by atoms with Gasteiger partial charge in [-0.3, -0.25) is 4.79 Å². The van der Waals surface area contributed by atoms with Gasteiger partial charge in [0.25, 0.3) is 0 Å². The number of carbonyl (C=O) groups is 2. The average Bonchev–Trinajstić information content (AvgIpc) is 2.77. The summed E-state index contributed by atoms with van der Waals surface area (Å²) in [5.41, 5.74) is 2.62. The van der Waals surface area contributed by atoms with Gasteiger partial charge in [-0.2, -0.15) is 5.90 Å². The van der Waals surface area contributed by atoms with E-state index in [1.807, 2.05) is 19.9 Å². The minimum absolute atomic E-state index is 0.173. The minimum atomic E-state index is -0.517. The van der Waals surface area contributed by atoms with Crippen LogP contribution in [0.25, 0.3) is 0 Å². The number of esters is 1. The lowest BCUT2D eigenvalue weighted by Gasteiger charge is -2.18. The second-order valence-electron chi connectivity index (χ2n) is 6.98. The van der Waals surface area contributed by atoms with Gasteiger partial charge < -0.3 is 9.57 Å². The van der Waals surface area contributed by atoms with E-state index < -0.39 is 5.97 Å². The van der Waals surface area contributed by atoms with Crippen LogP contribution in [0.15, 0.2) is 36.4 Å². The Labute approximate surface area is 173 Å². The van der Waals surface area contributed by atoms with Crippen LogP contribution in [0.4, 0.5) is 0 Å². The summed E-state index contributed by atoms with van der Waals surface area (Å²) in [6.45, 7) is 6.42. The Hall–Kier alpha value is -2.66. The van der Waals surface area contributed by atoms with Crippen molar-refractivity contribution < 1.29 is 19.2 Å². The molecule has 0 aliphatic rings. The van der Waals surface area contributed by atoms with Crippen LogP contribution in [0, 0.1) is 0 Å². The molecule has 156 valence electrons. The van der Waals surface area contributed by atoms with E-state index >= 15 is 0 Å². The number of ketones is 1. The number of ether oxygens (including phenoxy) is 1. The Balaban J connectivity index is 2.50. The fourth-order valence-corrected chi connectivity index (χ4v) is 3.48. The second-order valence-corrected chi connectivity index (χ2v) is 6.98. The van der Waals surface area contributed by atoms with Gasteiger partial charge in [-0.05, 0) is 30.9 Å². The van der Waals surface area contributed by atoms with E-state index in [2.05, 4.69) is 6.92 Å². The van der Waals surface area contributed by atoms with Crippen LogP contribution in [0.2, 0.25) is 0 Å². The number of rotatable bonds is 11. The quantitative estimate of drug-likeness (QED) is 0.249. The lowest BCUT2D eigenvalue weighted by atomic mass is 9.90. The molecule has 2 N–H and O–H groups in total. The summed E-state index contributed by atoms with van der Waals surface area (Å²) in [6.07, 6.45) is 5.35. The average molecular weight is 398 g/mol. The third-order valence-corrected chi connectivity index (χ3v) is 5.04. The van der Waals surface area contributed by atoms with Crippen molar-refractivity contribution in [2.75, 3.05) is 6.61 Å².